The number of carbonyl (C=O) groups is 1. The van der Waals surface area contributed by atoms with Crippen LogP contribution in [0, 0.1) is 0 Å². The Hall–Kier alpha value is -3.67. The van der Waals surface area contributed by atoms with Crippen LogP contribution < -0.4 is 10.1 Å². The van der Waals surface area contributed by atoms with Gasteiger partial charge in [0.05, 0.1) is 24.7 Å². The van der Waals surface area contributed by atoms with Crippen LogP contribution in [0.3, 0.4) is 0 Å². The average molecular weight is 358 g/mol. The highest BCUT2D eigenvalue weighted by Crippen LogP contribution is 2.25. The fraction of sp³-hybridized carbons (Fsp3) is 0.0952. The standard InChI is InChI=1S/C21H18N4O2/c1-14(26)23-17-8-6-15(7-9-17)20-13-22-21-11-10-19(24-25(20)21)16-4-3-5-18(12-16)27-2/h3-13H,1-2H3,(H,23,26). The summed E-state index contributed by atoms with van der Waals surface area (Å²) in [4.78, 5) is 15.6. The zero-order valence-corrected chi connectivity index (χ0v) is 15.0. The van der Waals surface area contributed by atoms with Gasteiger partial charge in [0.25, 0.3) is 0 Å². The van der Waals surface area contributed by atoms with E-state index in [9.17, 15) is 4.79 Å². The lowest BCUT2D eigenvalue weighted by Crippen LogP contribution is -2.05. The van der Waals surface area contributed by atoms with Gasteiger partial charge in [-0.05, 0) is 36.4 Å². The minimum Gasteiger partial charge on any atom is -0.497 e. The summed E-state index contributed by atoms with van der Waals surface area (Å²) in [7, 11) is 1.65. The van der Waals surface area contributed by atoms with Gasteiger partial charge in [-0.2, -0.15) is 5.10 Å². The molecule has 0 bridgehead atoms. The summed E-state index contributed by atoms with van der Waals surface area (Å²) >= 11 is 0. The van der Waals surface area contributed by atoms with Crippen LogP contribution in [0.25, 0.3) is 28.2 Å². The molecule has 6 heteroatoms. The van der Waals surface area contributed by atoms with E-state index in [1.807, 2.05) is 65.2 Å². The van der Waals surface area contributed by atoms with Crippen molar-refractivity contribution in [3.05, 3.63) is 66.9 Å². The Bertz CT molecular complexity index is 1120. The van der Waals surface area contributed by atoms with Crippen molar-refractivity contribution in [1.29, 1.82) is 0 Å². The van der Waals surface area contributed by atoms with Crippen molar-refractivity contribution in [3.63, 3.8) is 0 Å². The van der Waals surface area contributed by atoms with Crippen LogP contribution in [0.15, 0.2) is 66.9 Å². The third kappa shape index (κ3) is 3.37. The van der Waals surface area contributed by atoms with Crippen molar-refractivity contribution in [2.45, 2.75) is 6.92 Å². The number of aromatic nitrogens is 3. The van der Waals surface area contributed by atoms with E-state index >= 15 is 0 Å². The molecule has 1 N–H and O–H groups in total. The molecule has 0 unspecified atom stereocenters. The van der Waals surface area contributed by atoms with Gasteiger partial charge in [0.15, 0.2) is 5.65 Å². The minimum absolute atomic E-state index is 0.0952. The summed E-state index contributed by atoms with van der Waals surface area (Å²) < 4.78 is 7.13. The number of hydrogen-bond acceptors (Lipinski definition) is 4. The second kappa shape index (κ2) is 6.92. The molecule has 0 aliphatic rings. The average Bonchev–Trinajstić information content (AvgIpc) is 3.11. The molecular weight excluding hydrogens is 340 g/mol. The lowest BCUT2D eigenvalue weighted by Gasteiger charge is -2.07. The number of carbonyl (C=O) groups excluding carboxylic acids is 1. The molecule has 6 nitrogen and oxygen atoms in total. The van der Waals surface area contributed by atoms with Gasteiger partial charge < -0.3 is 10.1 Å². The van der Waals surface area contributed by atoms with Gasteiger partial charge >= 0.3 is 0 Å². The summed E-state index contributed by atoms with van der Waals surface area (Å²) in [5.74, 6) is 0.691. The first-order valence-corrected chi connectivity index (χ1v) is 8.51. The lowest BCUT2D eigenvalue weighted by atomic mass is 10.1. The van der Waals surface area contributed by atoms with Gasteiger partial charge in [0.2, 0.25) is 5.91 Å². The Balaban J connectivity index is 1.75. The van der Waals surface area contributed by atoms with E-state index in [2.05, 4.69) is 10.3 Å². The van der Waals surface area contributed by atoms with Crippen LogP contribution in [0.5, 0.6) is 5.75 Å². The first kappa shape index (κ1) is 16.8. The molecule has 134 valence electrons. The highest BCUT2D eigenvalue weighted by molar-refractivity contribution is 5.89. The van der Waals surface area contributed by atoms with Crippen molar-refractivity contribution in [2.75, 3.05) is 12.4 Å². The molecule has 0 radical (unpaired) electrons. The SMILES string of the molecule is COc1cccc(-c2ccc3ncc(-c4ccc(NC(C)=O)cc4)n3n2)c1. The van der Waals surface area contributed by atoms with Crippen LogP contribution in [-0.2, 0) is 4.79 Å². The largest absolute Gasteiger partial charge is 0.497 e. The molecule has 0 aliphatic heterocycles. The number of fused-ring (bicyclic) bond motifs is 1. The Morgan fingerprint density at radius 1 is 1.04 bits per heavy atom. The zero-order valence-electron chi connectivity index (χ0n) is 15.0. The number of rotatable bonds is 4. The molecule has 2 aromatic heterocycles. The van der Waals surface area contributed by atoms with Crippen LogP contribution in [0.1, 0.15) is 6.92 Å². The van der Waals surface area contributed by atoms with E-state index in [0.717, 1.165) is 39.6 Å². The number of ether oxygens (including phenoxy) is 1. The van der Waals surface area contributed by atoms with Gasteiger partial charge in [0, 0.05) is 23.7 Å². The van der Waals surface area contributed by atoms with E-state index in [-0.39, 0.29) is 5.91 Å². The van der Waals surface area contributed by atoms with Gasteiger partial charge in [-0.25, -0.2) is 9.50 Å². The predicted molar refractivity (Wildman–Crippen MR) is 105 cm³/mol. The van der Waals surface area contributed by atoms with E-state index in [4.69, 9.17) is 9.84 Å². The molecule has 0 atom stereocenters. The van der Waals surface area contributed by atoms with Crippen molar-refractivity contribution < 1.29 is 9.53 Å². The van der Waals surface area contributed by atoms with Crippen molar-refractivity contribution in [3.8, 4) is 28.3 Å². The number of hydrogen-bond donors (Lipinski definition) is 1. The summed E-state index contributed by atoms with van der Waals surface area (Å²) in [6.45, 7) is 1.49. The van der Waals surface area contributed by atoms with Crippen LogP contribution >= 0.6 is 0 Å². The van der Waals surface area contributed by atoms with Gasteiger partial charge in [-0.1, -0.05) is 24.3 Å². The Morgan fingerprint density at radius 3 is 2.59 bits per heavy atom. The van der Waals surface area contributed by atoms with E-state index in [1.54, 1.807) is 13.3 Å². The van der Waals surface area contributed by atoms with E-state index < -0.39 is 0 Å². The maximum absolute atomic E-state index is 11.2. The topological polar surface area (TPSA) is 68.5 Å². The van der Waals surface area contributed by atoms with Gasteiger partial charge in [0.1, 0.15) is 5.75 Å². The molecule has 0 aliphatic carbocycles. The lowest BCUT2D eigenvalue weighted by molar-refractivity contribution is -0.114. The Labute approximate surface area is 156 Å². The second-order valence-corrected chi connectivity index (χ2v) is 6.12. The molecular formula is C21H18N4O2. The summed E-state index contributed by atoms with van der Waals surface area (Å²) in [6, 6.07) is 19.3. The van der Waals surface area contributed by atoms with Crippen molar-refractivity contribution in [1.82, 2.24) is 14.6 Å². The first-order valence-electron chi connectivity index (χ1n) is 8.51. The minimum atomic E-state index is -0.0952. The molecule has 1 amide bonds. The maximum atomic E-state index is 11.2. The van der Waals surface area contributed by atoms with Crippen molar-refractivity contribution in [2.24, 2.45) is 0 Å². The first-order chi connectivity index (χ1) is 13.1. The number of imidazole rings is 1. The summed E-state index contributed by atoms with van der Waals surface area (Å²) in [6.07, 6.45) is 1.80. The summed E-state index contributed by atoms with van der Waals surface area (Å²) in [5.41, 5.74) is 5.16. The summed E-state index contributed by atoms with van der Waals surface area (Å²) in [5, 5.41) is 7.52. The normalized spacial score (nSPS) is 10.7. The molecule has 2 aromatic carbocycles. The van der Waals surface area contributed by atoms with Crippen molar-refractivity contribution >= 4 is 17.2 Å². The molecule has 27 heavy (non-hydrogen) atoms. The Kier molecular flexibility index (Phi) is 4.30. The molecule has 4 rings (SSSR count). The highest BCUT2D eigenvalue weighted by atomic mass is 16.5. The number of nitrogens with zero attached hydrogens (tertiary/aromatic N) is 3. The number of anilines is 1. The number of amides is 1. The number of methoxy groups -OCH3 is 1. The Morgan fingerprint density at radius 2 is 1.85 bits per heavy atom. The van der Waals surface area contributed by atoms with Gasteiger partial charge in [-0.15, -0.1) is 0 Å². The number of benzene rings is 2. The fourth-order valence-electron chi connectivity index (χ4n) is 2.93. The van der Waals surface area contributed by atoms with Crippen LogP contribution in [-0.4, -0.2) is 27.6 Å². The highest BCUT2D eigenvalue weighted by Gasteiger charge is 2.10. The van der Waals surface area contributed by atoms with Gasteiger partial charge in [-0.3, -0.25) is 4.79 Å². The molecule has 0 spiro atoms. The predicted octanol–water partition coefficient (Wildman–Crippen LogP) is 4.03. The van der Waals surface area contributed by atoms with E-state index in [1.165, 1.54) is 6.92 Å². The zero-order chi connectivity index (χ0) is 18.8. The third-order valence-corrected chi connectivity index (χ3v) is 4.23. The molecule has 2 heterocycles. The monoisotopic (exact) mass is 358 g/mol. The second-order valence-electron chi connectivity index (χ2n) is 6.12. The molecule has 0 saturated heterocycles. The molecule has 0 fully saturated rings. The quantitative estimate of drug-likeness (QED) is 0.598. The van der Waals surface area contributed by atoms with E-state index in [0.29, 0.717) is 0 Å². The maximum Gasteiger partial charge on any atom is 0.221 e. The molecule has 0 saturated carbocycles. The fourth-order valence-corrected chi connectivity index (χ4v) is 2.93. The third-order valence-electron chi connectivity index (χ3n) is 4.23. The number of nitrogens with one attached hydrogen (secondary N) is 1. The smallest absolute Gasteiger partial charge is 0.221 e. The van der Waals surface area contributed by atoms with Crippen LogP contribution in [0.4, 0.5) is 5.69 Å². The molecule has 4 aromatic rings. The van der Waals surface area contributed by atoms with Crippen LogP contribution in [0.2, 0.25) is 0 Å².